The van der Waals surface area contributed by atoms with Crippen molar-refractivity contribution in [3.63, 3.8) is 0 Å². The Hall–Kier alpha value is -1.92. The fourth-order valence-electron chi connectivity index (χ4n) is 3.17. The van der Waals surface area contributed by atoms with E-state index in [1.807, 2.05) is 12.1 Å². The van der Waals surface area contributed by atoms with Crippen LogP contribution in [0.25, 0.3) is 0 Å². The minimum Gasteiger partial charge on any atom is -0.372 e. The molecule has 1 N–H and O–H groups in total. The molecule has 0 aromatic heterocycles. The molecule has 0 unspecified atom stereocenters. The van der Waals surface area contributed by atoms with E-state index in [0.717, 1.165) is 18.7 Å². The van der Waals surface area contributed by atoms with Gasteiger partial charge >= 0.3 is 0 Å². The van der Waals surface area contributed by atoms with E-state index in [9.17, 15) is 12.8 Å². The van der Waals surface area contributed by atoms with Crippen molar-refractivity contribution in [2.45, 2.75) is 31.1 Å². The molecule has 4 nitrogen and oxygen atoms in total. The summed E-state index contributed by atoms with van der Waals surface area (Å²) in [6.07, 6.45) is 3.10. The van der Waals surface area contributed by atoms with E-state index >= 15 is 0 Å². The monoisotopic (exact) mass is 362 g/mol. The molecule has 0 radical (unpaired) electrons. The van der Waals surface area contributed by atoms with Crippen molar-refractivity contribution in [3.05, 3.63) is 59.4 Å². The average molecular weight is 362 g/mol. The zero-order valence-electron chi connectivity index (χ0n) is 14.3. The topological polar surface area (TPSA) is 49.4 Å². The standard InChI is InChI=1S/C19H23FN2O2S/c1-15-14-17(20)6-9-19(15)25(23,24)21-11-10-16-4-7-18(8-5-16)22-12-2-3-13-22/h4-9,14,21H,2-3,10-13H2,1H3. The summed E-state index contributed by atoms with van der Waals surface area (Å²) >= 11 is 0. The largest absolute Gasteiger partial charge is 0.372 e. The summed E-state index contributed by atoms with van der Waals surface area (Å²) in [5, 5.41) is 0. The van der Waals surface area contributed by atoms with Crippen LogP contribution in [0.4, 0.5) is 10.1 Å². The molecule has 0 saturated carbocycles. The van der Waals surface area contributed by atoms with Gasteiger partial charge in [0.2, 0.25) is 10.0 Å². The van der Waals surface area contributed by atoms with E-state index < -0.39 is 15.8 Å². The molecule has 0 atom stereocenters. The second kappa shape index (κ2) is 7.54. The predicted molar refractivity (Wildman–Crippen MR) is 97.9 cm³/mol. The SMILES string of the molecule is Cc1cc(F)ccc1S(=O)(=O)NCCc1ccc(N2CCCC2)cc1. The number of benzene rings is 2. The molecule has 6 heteroatoms. The second-order valence-electron chi connectivity index (χ2n) is 6.42. The third kappa shape index (κ3) is 4.38. The zero-order valence-corrected chi connectivity index (χ0v) is 15.2. The Bertz CT molecular complexity index is 829. The van der Waals surface area contributed by atoms with Gasteiger partial charge in [0.15, 0.2) is 0 Å². The fourth-order valence-corrected chi connectivity index (χ4v) is 4.43. The van der Waals surface area contributed by atoms with Crippen molar-refractivity contribution in [2.75, 3.05) is 24.5 Å². The number of sulfonamides is 1. The molecule has 1 aliphatic rings. The Morgan fingerprint density at radius 2 is 1.76 bits per heavy atom. The smallest absolute Gasteiger partial charge is 0.240 e. The first-order chi connectivity index (χ1) is 12.0. The molecule has 2 aromatic rings. The van der Waals surface area contributed by atoms with Crippen molar-refractivity contribution >= 4 is 15.7 Å². The van der Waals surface area contributed by atoms with Gasteiger partial charge in [-0.05, 0) is 67.6 Å². The lowest BCUT2D eigenvalue weighted by Crippen LogP contribution is -2.26. The Morgan fingerprint density at radius 1 is 1.08 bits per heavy atom. The van der Waals surface area contributed by atoms with Crippen LogP contribution in [0.1, 0.15) is 24.0 Å². The minimum atomic E-state index is -3.62. The summed E-state index contributed by atoms with van der Waals surface area (Å²) in [7, 11) is -3.62. The van der Waals surface area contributed by atoms with Crippen LogP contribution in [0.3, 0.4) is 0 Å². The number of nitrogens with zero attached hydrogens (tertiary/aromatic N) is 1. The van der Waals surface area contributed by atoms with Crippen LogP contribution < -0.4 is 9.62 Å². The van der Waals surface area contributed by atoms with Gasteiger partial charge in [-0.2, -0.15) is 0 Å². The Morgan fingerprint density at radius 3 is 2.40 bits per heavy atom. The third-order valence-corrected chi connectivity index (χ3v) is 6.16. The summed E-state index contributed by atoms with van der Waals surface area (Å²) in [4.78, 5) is 2.49. The van der Waals surface area contributed by atoms with Crippen LogP contribution in [0.5, 0.6) is 0 Å². The van der Waals surface area contributed by atoms with E-state index in [-0.39, 0.29) is 4.90 Å². The van der Waals surface area contributed by atoms with Crippen LogP contribution in [0.15, 0.2) is 47.4 Å². The van der Waals surface area contributed by atoms with Gasteiger partial charge in [-0.25, -0.2) is 17.5 Å². The van der Waals surface area contributed by atoms with Gasteiger partial charge < -0.3 is 4.90 Å². The van der Waals surface area contributed by atoms with E-state index in [2.05, 4.69) is 21.8 Å². The molecule has 0 bridgehead atoms. The lowest BCUT2D eigenvalue weighted by molar-refractivity contribution is 0.580. The van der Waals surface area contributed by atoms with Gasteiger partial charge in [0.05, 0.1) is 4.90 Å². The number of hydrogen-bond donors (Lipinski definition) is 1. The summed E-state index contributed by atoms with van der Waals surface area (Å²) < 4.78 is 40.4. The molecule has 1 fully saturated rings. The summed E-state index contributed by atoms with van der Waals surface area (Å²) in [6.45, 7) is 4.11. The van der Waals surface area contributed by atoms with E-state index in [1.54, 1.807) is 6.92 Å². The highest BCUT2D eigenvalue weighted by molar-refractivity contribution is 7.89. The van der Waals surface area contributed by atoms with E-state index in [1.165, 1.54) is 36.7 Å². The normalized spacial score (nSPS) is 14.9. The van der Waals surface area contributed by atoms with Crippen LogP contribution in [-0.4, -0.2) is 28.1 Å². The maximum Gasteiger partial charge on any atom is 0.240 e. The number of anilines is 1. The lowest BCUT2D eigenvalue weighted by Gasteiger charge is -2.17. The quantitative estimate of drug-likeness (QED) is 0.858. The molecular weight excluding hydrogens is 339 g/mol. The van der Waals surface area contributed by atoms with Crippen LogP contribution in [-0.2, 0) is 16.4 Å². The molecule has 1 heterocycles. The first kappa shape index (κ1) is 17.9. The molecule has 0 aliphatic carbocycles. The van der Waals surface area contributed by atoms with Gasteiger partial charge in [0, 0.05) is 25.3 Å². The van der Waals surface area contributed by atoms with Crippen LogP contribution >= 0.6 is 0 Å². The number of nitrogens with one attached hydrogen (secondary N) is 1. The fraction of sp³-hybridized carbons (Fsp3) is 0.368. The molecule has 0 spiro atoms. The molecule has 1 aliphatic heterocycles. The van der Waals surface area contributed by atoms with Gasteiger partial charge in [0.1, 0.15) is 5.82 Å². The summed E-state index contributed by atoms with van der Waals surface area (Å²) in [5.74, 6) is -0.436. The highest BCUT2D eigenvalue weighted by atomic mass is 32.2. The van der Waals surface area contributed by atoms with E-state index in [0.29, 0.717) is 18.5 Å². The van der Waals surface area contributed by atoms with E-state index in [4.69, 9.17) is 0 Å². The highest BCUT2D eigenvalue weighted by Crippen LogP contribution is 2.20. The summed E-state index contributed by atoms with van der Waals surface area (Å²) in [6, 6.07) is 12.0. The van der Waals surface area contributed by atoms with Crippen molar-refractivity contribution in [1.82, 2.24) is 4.72 Å². The molecule has 25 heavy (non-hydrogen) atoms. The van der Waals surface area contributed by atoms with Crippen LogP contribution in [0.2, 0.25) is 0 Å². The van der Waals surface area contributed by atoms with Crippen molar-refractivity contribution < 1.29 is 12.8 Å². The molecule has 1 saturated heterocycles. The number of aryl methyl sites for hydroxylation is 1. The maximum atomic E-state index is 13.1. The zero-order chi connectivity index (χ0) is 17.9. The highest BCUT2D eigenvalue weighted by Gasteiger charge is 2.16. The maximum absolute atomic E-state index is 13.1. The molecule has 134 valence electrons. The van der Waals surface area contributed by atoms with Gasteiger partial charge in [-0.1, -0.05) is 12.1 Å². The average Bonchev–Trinajstić information content (AvgIpc) is 3.09. The lowest BCUT2D eigenvalue weighted by atomic mass is 10.1. The first-order valence-corrected chi connectivity index (χ1v) is 10.0. The molecule has 0 amide bonds. The van der Waals surface area contributed by atoms with Gasteiger partial charge in [-0.3, -0.25) is 0 Å². The third-order valence-electron chi connectivity index (χ3n) is 4.54. The number of hydrogen-bond acceptors (Lipinski definition) is 3. The first-order valence-electron chi connectivity index (χ1n) is 8.55. The molecule has 2 aromatic carbocycles. The Balaban J connectivity index is 1.58. The Kier molecular flexibility index (Phi) is 5.39. The molecule has 3 rings (SSSR count). The number of rotatable bonds is 6. The van der Waals surface area contributed by atoms with Crippen molar-refractivity contribution in [1.29, 1.82) is 0 Å². The second-order valence-corrected chi connectivity index (χ2v) is 8.15. The molecular formula is C19H23FN2O2S. The van der Waals surface area contributed by atoms with Crippen LogP contribution in [0, 0.1) is 12.7 Å². The van der Waals surface area contributed by atoms with Crippen molar-refractivity contribution in [2.24, 2.45) is 0 Å². The summed E-state index contributed by atoms with van der Waals surface area (Å²) in [5.41, 5.74) is 2.72. The van der Waals surface area contributed by atoms with Gasteiger partial charge in [-0.15, -0.1) is 0 Å². The number of halogens is 1. The van der Waals surface area contributed by atoms with Crippen molar-refractivity contribution in [3.8, 4) is 0 Å². The van der Waals surface area contributed by atoms with Gasteiger partial charge in [0.25, 0.3) is 0 Å². The minimum absolute atomic E-state index is 0.123. The predicted octanol–water partition coefficient (Wildman–Crippen LogP) is 3.26. The Labute approximate surface area is 148 Å².